The Labute approximate surface area is 132 Å². The van der Waals surface area contributed by atoms with Crippen LogP contribution in [0.3, 0.4) is 0 Å². The summed E-state index contributed by atoms with van der Waals surface area (Å²) in [6.45, 7) is 2.64. The van der Waals surface area contributed by atoms with Crippen molar-refractivity contribution in [2.45, 2.75) is 13.3 Å². The standard InChI is InChI=1S/C16H15ClN4O/c1-2-8-19-16(22)13-10-20-21-14(7-9-18-15(13)21)11-3-5-12(17)6-4-11/h3-7,9-10H,2,8H2,1H3,(H,19,22). The molecule has 1 amide bonds. The second-order valence-corrected chi connectivity index (χ2v) is 5.32. The molecule has 22 heavy (non-hydrogen) atoms. The number of halogens is 1. The van der Waals surface area contributed by atoms with E-state index in [0.29, 0.717) is 22.8 Å². The van der Waals surface area contributed by atoms with Gasteiger partial charge in [-0.05, 0) is 24.6 Å². The van der Waals surface area contributed by atoms with Crippen LogP contribution in [0.15, 0.2) is 42.7 Å². The van der Waals surface area contributed by atoms with Crippen molar-refractivity contribution in [1.29, 1.82) is 0 Å². The lowest BCUT2D eigenvalue weighted by Crippen LogP contribution is -2.23. The summed E-state index contributed by atoms with van der Waals surface area (Å²) in [5.41, 5.74) is 2.84. The predicted octanol–water partition coefficient (Wildman–Crippen LogP) is 3.19. The molecule has 2 heterocycles. The van der Waals surface area contributed by atoms with E-state index in [9.17, 15) is 4.79 Å². The summed E-state index contributed by atoms with van der Waals surface area (Å²) in [6.07, 6.45) is 4.11. The molecule has 0 aliphatic carbocycles. The van der Waals surface area contributed by atoms with Gasteiger partial charge in [0.2, 0.25) is 0 Å². The van der Waals surface area contributed by atoms with Gasteiger partial charge in [-0.1, -0.05) is 30.7 Å². The molecule has 0 bridgehead atoms. The highest BCUT2D eigenvalue weighted by molar-refractivity contribution is 6.30. The average molecular weight is 315 g/mol. The van der Waals surface area contributed by atoms with Gasteiger partial charge in [0.05, 0.1) is 11.9 Å². The molecular formula is C16H15ClN4O. The van der Waals surface area contributed by atoms with Gasteiger partial charge in [0, 0.05) is 23.3 Å². The van der Waals surface area contributed by atoms with Crippen LogP contribution in [0.25, 0.3) is 16.9 Å². The van der Waals surface area contributed by atoms with Gasteiger partial charge in [0.15, 0.2) is 5.65 Å². The van der Waals surface area contributed by atoms with Crippen LogP contribution in [0.1, 0.15) is 23.7 Å². The molecular weight excluding hydrogens is 300 g/mol. The van der Waals surface area contributed by atoms with Gasteiger partial charge in [-0.25, -0.2) is 9.50 Å². The lowest BCUT2D eigenvalue weighted by atomic mass is 10.1. The highest BCUT2D eigenvalue weighted by atomic mass is 35.5. The number of fused-ring (bicyclic) bond motifs is 1. The van der Waals surface area contributed by atoms with E-state index in [-0.39, 0.29) is 5.91 Å². The maximum Gasteiger partial charge on any atom is 0.256 e. The monoisotopic (exact) mass is 314 g/mol. The molecule has 3 rings (SSSR count). The van der Waals surface area contributed by atoms with Crippen LogP contribution in [0.4, 0.5) is 0 Å². The molecule has 0 aliphatic heterocycles. The lowest BCUT2D eigenvalue weighted by Gasteiger charge is -2.05. The summed E-state index contributed by atoms with van der Waals surface area (Å²) in [5.74, 6) is -0.155. The maximum atomic E-state index is 12.1. The third-order valence-electron chi connectivity index (χ3n) is 3.32. The summed E-state index contributed by atoms with van der Waals surface area (Å²) >= 11 is 5.92. The van der Waals surface area contributed by atoms with Crippen molar-refractivity contribution in [3.8, 4) is 11.3 Å². The predicted molar refractivity (Wildman–Crippen MR) is 86.1 cm³/mol. The fraction of sp³-hybridized carbons (Fsp3) is 0.188. The SMILES string of the molecule is CCCNC(=O)c1cnn2c(-c3ccc(Cl)cc3)ccnc12. The number of rotatable bonds is 4. The van der Waals surface area contributed by atoms with Gasteiger partial charge < -0.3 is 5.32 Å². The topological polar surface area (TPSA) is 59.3 Å². The molecule has 0 aliphatic rings. The second-order valence-electron chi connectivity index (χ2n) is 4.89. The first-order valence-electron chi connectivity index (χ1n) is 7.07. The minimum Gasteiger partial charge on any atom is -0.352 e. The average Bonchev–Trinajstić information content (AvgIpc) is 2.97. The van der Waals surface area contributed by atoms with E-state index in [2.05, 4.69) is 15.4 Å². The Bertz CT molecular complexity index is 811. The third kappa shape index (κ3) is 2.67. The fourth-order valence-electron chi connectivity index (χ4n) is 2.22. The molecule has 112 valence electrons. The van der Waals surface area contributed by atoms with Gasteiger partial charge in [0.25, 0.3) is 5.91 Å². The van der Waals surface area contributed by atoms with E-state index >= 15 is 0 Å². The van der Waals surface area contributed by atoms with E-state index in [1.165, 1.54) is 0 Å². The smallest absolute Gasteiger partial charge is 0.256 e. The first-order chi connectivity index (χ1) is 10.7. The molecule has 0 radical (unpaired) electrons. The van der Waals surface area contributed by atoms with Crippen LogP contribution in [-0.2, 0) is 0 Å². The number of carbonyl (C=O) groups is 1. The van der Waals surface area contributed by atoms with E-state index in [0.717, 1.165) is 17.7 Å². The van der Waals surface area contributed by atoms with Crippen molar-refractivity contribution < 1.29 is 4.79 Å². The fourth-order valence-corrected chi connectivity index (χ4v) is 2.35. The number of hydrogen-bond donors (Lipinski definition) is 1. The molecule has 0 saturated carbocycles. The zero-order valence-corrected chi connectivity index (χ0v) is 12.8. The highest BCUT2D eigenvalue weighted by Gasteiger charge is 2.15. The van der Waals surface area contributed by atoms with E-state index in [1.807, 2.05) is 37.3 Å². The van der Waals surface area contributed by atoms with Crippen molar-refractivity contribution >= 4 is 23.2 Å². The molecule has 0 saturated heterocycles. The number of carbonyl (C=O) groups excluding carboxylic acids is 1. The number of amides is 1. The highest BCUT2D eigenvalue weighted by Crippen LogP contribution is 2.22. The van der Waals surface area contributed by atoms with E-state index < -0.39 is 0 Å². The number of nitrogens with zero attached hydrogens (tertiary/aromatic N) is 3. The van der Waals surface area contributed by atoms with Crippen LogP contribution in [-0.4, -0.2) is 27.0 Å². The zero-order chi connectivity index (χ0) is 15.5. The van der Waals surface area contributed by atoms with E-state index in [4.69, 9.17) is 11.6 Å². The van der Waals surface area contributed by atoms with Crippen molar-refractivity contribution in [2.75, 3.05) is 6.54 Å². The Balaban J connectivity index is 2.05. The second kappa shape index (κ2) is 6.15. The number of hydrogen-bond acceptors (Lipinski definition) is 3. The Morgan fingerprint density at radius 2 is 2.05 bits per heavy atom. The van der Waals surface area contributed by atoms with E-state index in [1.54, 1.807) is 16.9 Å². The summed E-state index contributed by atoms with van der Waals surface area (Å²) in [5, 5.41) is 7.83. The Kier molecular flexibility index (Phi) is 4.06. The summed E-state index contributed by atoms with van der Waals surface area (Å²) in [6, 6.07) is 9.32. The first kappa shape index (κ1) is 14.5. The van der Waals surface area contributed by atoms with Gasteiger partial charge in [0.1, 0.15) is 5.56 Å². The van der Waals surface area contributed by atoms with Gasteiger partial charge in [-0.2, -0.15) is 5.10 Å². The van der Waals surface area contributed by atoms with Crippen molar-refractivity contribution in [1.82, 2.24) is 19.9 Å². The van der Waals surface area contributed by atoms with Crippen molar-refractivity contribution in [2.24, 2.45) is 0 Å². The van der Waals surface area contributed by atoms with Crippen LogP contribution in [0.2, 0.25) is 5.02 Å². The number of benzene rings is 1. The minimum atomic E-state index is -0.155. The Morgan fingerprint density at radius 1 is 1.27 bits per heavy atom. The zero-order valence-electron chi connectivity index (χ0n) is 12.1. The summed E-state index contributed by atoms with van der Waals surface area (Å²) in [4.78, 5) is 16.4. The molecule has 5 nitrogen and oxygen atoms in total. The van der Waals surface area contributed by atoms with Gasteiger partial charge in [-0.3, -0.25) is 4.79 Å². The molecule has 0 atom stereocenters. The van der Waals surface area contributed by atoms with Crippen LogP contribution in [0.5, 0.6) is 0 Å². The summed E-state index contributed by atoms with van der Waals surface area (Å²) in [7, 11) is 0. The van der Waals surface area contributed by atoms with Crippen molar-refractivity contribution in [3.63, 3.8) is 0 Å². The quantitative estimate of drug-likeness (QED) is 0.804. The van der Waals surface area contributed by atoms with Crippen LogP contribution >= 0.6 is 11.6 Å². The van der Waals surface area contributed by atoms with Gasteiger partial charge >= 0.3 is 0 Å². The number of aromatic nitrogens is 3. The largest absolute Gasteiger partial charge is 0.352 e. The number of nitrogens with one attached hydrogen (secondary N) is 1. The van der Waals surface area contributed by atoms with Crippen molar-refractivity contribution in [3.05, 3.63) is 53.3 Å². The Morgan fingerprint density at radius 3 is 2.77 bits per heavy atom. The molecule has 0 fully saturated rings. The molecule has 1 aromatic carbocycles. The lowest BCUT2D eigenvalue weighted by molar-refractivity contribution is 0.0955. The molecule has 0 spiro atoms. The molecule has 6 heteroatoms. The minimum absolute atomic E-state index is 0.155. The normalized spacial score (nSPS) is 10.8. The summed E-state index contributed by atoms with van der Waals surface area (Å²) < 4.78 is 1.67. The van der Waals surface area contributed by atoms with Crippen LogP contribution in [0, 0.1) is 0 Å². The van der Waals surface area contributed by atoms with Gasteiger partial charge in [-0.15, -0.1) is 0 Å². The van der Waals surface area contributed by atoms with Crippen LogP contribution < -0.4 is 5.32 Å². The molecule has 3 aromatic rings. The molecule has 2 aromatic heterocycles. The maximum absolute atomic E-state index is 12.1. The third-order valence-corrected chi connectivity index (χ3v) is 3.57. The Hall–Kier alpha value is -2.40. The first-order valence-corrected chi connectivity index (χ1v) is 7.45. The molecule has 0 unspecified atom stereocenters. The molecule has 1 N–H and O–H groups in total.